The number of ketones is 1. The Morgan fingerprint density at radius 1 is 1.44 bits per heavy atom. The number of hydrogen-bond donors (Lipinski definition) is 0. The molecule has 0 radical (unpaired) electrons. The Kier molecular flexibility index (Phi) is 6.04. The van der Waals surface area contributed by atoms with Crippen LogP contribution in [0.1, 0.15) is 12.5 Å². The van der Waals surface area contributed by atoms with Crippen LogP contribution in [0.4, 0.5) is 8.78 Å². The van der Waals surface area contributed by atoms with Gasteiger partial charge in [-0.3, -0.25) is 4.79 Å². The van der Waals surface area contributed by atoms with Gasteiger partial charge >= 0.3 is 6.61 Å². The second-order valence-corrected chi connectivity index (χ2v) is 3.97. The van der Waals surface area contributed by atoms with Crippen molar-refractivity contribution in [3.05, 3.63) is 23.8 Å². The summed E-state index contributed by atoms with van der Waals surface area (Å²) in [4.78, 5) is 11.4. The molecular weight excluding hydrogens is 310 g/mol. The molecule has 0 aromatic heterocycles. The molecule has 1 aromatic rings. The second kappa shape index (κ2) is 7.31. The lowest BCUT2D eigenvalue weighted by Gasteiger charge is -2.14. The minimum Gasteiger partial charge on any atom is -0.490 e. The topological polar surface area (TPSA) is 35.5 Å². The molecule has 6 heteroatoms. The molecule has 0 atom stereocenters. The SMILES string of the molecule is CCOc1cccc(CC(=O)CBr)c1OC(F)F. The van der Waals surface area contributed by atoms with Gasteiger partial charge in [-0.25, -0.2) is 0 Å². The van der Waals surface area contributed by atoms with Crippen LogP contribution >= 0.6 is 15.9 Å². The molecule has 0 saturated carbocycles. The van der Waals surface area contributed by atoms with Crippen molar-refractivity contribution in [1.29, 1.82) is 0 Å². The summed E-state index contributed by atoms with van der Waals surface area (Å²) in [6.07, 6.45) is 0.0220. The third-order valence-corrected chi connectivity index (χ3v) is 2.73. The highest BCUT2D eigenvalue weighted by molar-refractivity contribution is 9.09. The molecule has 100 valence electrons. The lowest BCUT2D eigenvalue weighted by atomic mass is 10.1. The largest absolute Gasteiger partial charge is 0.490 e. The van der Waals surface area contributed by atoms with E-state index in [-0.39, 0.29) is 29.0 Å². The number of Topliss-reactive ketones (excluding diaryl/α,β-unsaturated/α-hetero) is 1. The molecule has 1 rings (SSSR count). The number of carbonyl (C=O) groups is 1. The Morgan fingerprint density at radius 3 is 2.72 bits per heavy atom. The Balaban J connectivity index is 3.06. The summed E-state index contributed by atoms with van der Waals surface area (Å²) in [5, 5.41) is 0.167. The van der Waals surface area contributed by atoms with Crippen molar-refractivity contribution >= 4 is 21.7 Å². The van der Waals surface area contributed by atoms with Gasteiger partial charge in [-0.1, -0.05) is 28.1 Å². The van der Waals surface area contributed by atoms with Gasteiger partial charge in [-0.15, -0.1) is 0 Å². The molecule has 0 aliphatic rings. The van der Waals surface area contributed by atoms with Gasteiger partial charge in [0.1, 0.15) is 5.78 Å². The zero-order valence-corrected chi connectivity index (χ0v) is 11.4. The van der Waals surface area contributed by atoms with Gasteiger partial charge < -0.3 is 9.47 Å². The number of rotatable bonds is 7. The Morgan fingerprint density at radius 2 is 2.17 bits per heavy atom. The molecule has 1 aromatic carbocycles. The van der Waals surface area contributed by atoms with E-state index in [0.717, 1.165) is 0 Å². The van der Waals surface area contributed by atoms with E-state index in [1.54, 1.807) is 19.1 Å². The molecular formula is C12H13BrF2O3. The van der Waals surface area contributed by atoms with Gasteiger partial charge in [0.2, 0.25) is 0 Å². The van der Waals surface area contributed by atoms with Crippen LogP contribution < -0.4 is 9.47 Å². The summed E-state index contributed by atoms with van der Waals surface area (Å²) in [6.45, 7) is -0.887. The van der Waals surface area contributed by atoms with Gasteiger partial charge in [0.05, 0.1) is 11.9 Å². The van der Waals surface area contributed by atoms with Crippen molar-refractivity contribution in [2.75, 3.05) is 11.9 Å². The average Bonchev–Trinajstić information content (AvgIpc) is 2.32. The van der Waals surface area contributed by atoms with Gasteiger partial charge in [0.15, 0.2) is 11.5 Å². The standard InChI is InChI=1S/C12H13BrF2O3/c1-2-17-10-5-3-4-8(6-9(16)7-13)11(10)18-12(14)15/h3-5,12H,2,6-7H2,1H3. The first-order chi connectivity index (χ1) is 8.58. The molecule has 0 spiro atoms. The lowest BCUT2D eigenvalue weighted by Crippen LogP contribution is -2.10. The van der Waals surface area contributed by atoms with Crippen LogP contribution in [-0.2, 0) is 11.2 Å². The molecule has 0 N–H and O–H groups in total. The molecule has 0 unspecified atom stereocenters. The van der Waals surface area contributed by atoms with E-state index in [1.807, 2.05) is 0 Å². The smallest absolute Gasteiger partial charge is 0.387 e. The fraction of sp³-hybridized carbons (Fsp3) is 0.417. The van der Waals surface area contributed by atoms with Gasteiger partial charge in [0, 0.05) is 12.0 Å². The highest BCUT2D eigenvalue weighted by atomic mass is 79.9. The fourth-order valence-electron chi connectivity index (χ4n) is 1.45. The van der Waals surface area contributed by atoms with Crippen molar-refractivity contribution in [3.63, 3.8) is 0 Å². The van der Waals surface area contributed by atoms with Gasteiger partial charge in [-0.2, -0.15) is 8.78 Å². The van der Waals surface area contributed by atoms with E-state index in [9.17, 15) is 13.6 Å². The maximum absolute atomic E-state index is 12.4. The van der Waals surface area contributed by atoms with Crippen LogP contribution in [-0.4, -0.2) is 24.3 Å². The van der Waals surface area contributed by atoms with E-state index in [2.05, 4.69) is 20.7 Å². The summed E-state index contributed by atoms with van der Waals surface area (Å²) >= 11 is 3.03. The molecule has 0 fully saturated rings. The first-order valence-corrected chi connectivity index (χ1v) is 6.47. The second-order valence-electron chi connectivity index (χ2n) is 3.40. The Labute approximate surface area is 112 Å². The maximum Gasteiger partial charge on any atom is 0.387 e. The van der Waals surface area contributed by atoms with E-state index < -0.39 is 6.61 Å². The summed E-state index contributed by atoms with van der Waals surface area (Å²) < 4.78 is 34.4. The number of hydrogen-bond acceptors (Lipinski definition) is 3. The van der Waals surface area contributed by atoms with E-state index in [0.29, 0.717) is 12.2 Å². The summed E-state index contributed by atoms with van der Waals surface area (Å²) in [7, 11) is 0. The minimum absolute atomic E-state index is 0.0220. The number of benzene rings is 1. The number of ether oxygens (including phenoxy) is 2. The fourth-order valence-corrected chi connectivity index (χ4v) is 1.65. The van der Waals surface area contributed by atoms with Gasteiger partial charge in [0.25, 0.3) is 0 Å². The van der Waals surface area contributed by atoms with Crippen molar-refractivity contribution < 1.29 is 23.0 Å². The molecule has 18 heavy (non-hydrogen) atoms. The van der Waals surface area contributed by atoms with Crippen molar-refractivity contribution in [2.45, 2.75) is 20.0 Å². The highest BCUT2D eigenvalue weighted by Crippen LogP contribution is 2.33. The highest BCUT2D eigenvalue weighted by Gasteiger charge is 2.17. The normalized spacial score (nSPS) is 10.5. The zero-order chi connectivity index (χ0) is 13.5. The quantitative estimate of drug-likeness (QED) is 0.723. The Hall–Kier alpha value is -1.17. The predicted molar refractivity (Wildman–Crippen MR) is 66.7 cm³/mol. The summed E-state index contributed by atoms with van der Waals surface area (Å²) in [6, 6.07) is 4.74. The van der Waals surface area contributed by atoms with Crippen LogP contribution in [0.25, 0.3) is 0 Å². The van der Waals surface area contributed by atoms with E-state index in [4.69, 9.17) is 4.74 Å². The average molecular weight is 323 g/mol. The maximum atomic E-state index is 12.4. The molecule has 0 bridgehead atoms. The molecule has 3 nitrogen and oxygen atoms in total. The minimum atomic E-state index is -2.95. The molecule has 0 heterocycles. The van der Waals surface area contributed by atoms with E-state index in [1.165, 1.54) is 6.07 Å². The number of carbonyl (C=O) groups excluding carboxylic acids is 1. The first kappa shape index (κ1) is 14.9. The lowest BCUT2D eigenvalue weighted by molar-refractivity contribution is -0.116. The molecule has 0 aliphatic heterocycles. The van der Waals surface area contributed by atoms with Gasteiger partial charge in [-0.05, 0) is 13.0 Å². The van der Waals surface area contributed by atoms with E-state index >= 15 is 0 Å². The number of para-hydroxylation sites is 1. The summed E-state index contributed by atoms with van der Waals surface area (Å²) in [5.41, 5.74) is 0.394. The summed E-state index contributed by atoms with van der Waals surface area (Å²) in [5.74, 6) is 0.0316. The first-order valence-electron chi connectivity index (χ1n) is 5.35. The van der Waals surface area contributed by atoms with Crippen LogP contribution in [0.5, 0.6) is 11.5 Å². The number of halogens is 3. The number of alkyl halides is 3. The monoisotopic (exact) mass is 322 g/mol. The third-order valence-electron chi connectivity index (χ3n) is 2.10. The third kappa shape index (κ3) is 4.25. The predicted octanol–water partition coefficient (Wildman–Crippen LogP) is 3.19. The molecule has 0 amide bonds. The van der Waals surface area contributed by atoms with Crippen LogP contribution in [0.2, 0.25) is 0 Å². The van der Waals surface area contributed by atoms with Crippen LogP contribution in [0.3, 0.4) is 0 Å². The van der Waals surface area contributed by atoms with Crippen LogP contribution in [0.15, 0.2) is 18.2 Å². The van der Waals surface area contributed by atoms with Crippen molar-refractivity contribution in [3.8, 4) is 11.5 Å². The van der Waals surface area contributed by atoms with Crippen LogP contribution in [0, 0.1) is 0 Å². The molecule has 0 saturated heterocycles. The molecule has 0 aliphatic carbocycles. The zero-order valence-electron chi connectivity index (χ0n) is 9.79. The van der Waals surface area contributed by atoms with Crippen molar-refractivity contribution in [1.82, 2.24) is 0 Å². The van der Waals surface area contributed by atoms with Crippen molar-refractivity contribution in [2.24, 2.45) is 0 Å². The Bertz CT molecular complexity index is 410.